The Bertz CT molecular complexity index is 1190. The fourth-order valence-electron chi connectivity index (χ4n) is 3.75. The number of amides is 1. The molecule has 0 saturated carbocycles. The lowest BCUT2D eigenvalue weighted by Gasteiger charge is -2.24. The number of carbonyl (C=O) groups is 1. The molecule has 0 spiro atoms. The van der Waals surface area contributed by atoms with E-state index in [1.54, 1.807) is 20.8 Å². The number of nitrogens with two attached hydrogens (primary N) is 1. The van der Waals surface area contributed by atoms with E-state index in [2.05, 4.69) is 15.0 Å². The number of carbonyl (C=O) groups excluding carboxylic acids is 1. The highest BCUT2D eigenvalue weighted by molar-refractivity contribution is 7.85. The van der Waals surface area contributed by atoms with Gasteiger partial charge in [-0.3, -0.25) is 23.3 Å². The van der Waals surface area contributed by atoms with Crippen molar-refractivity contribution in [1.29, 1.82) is 0 Å². The Morgan fingerprint density at radius 3 is 2.81 bits per heavy atom. The topological polar surface area (TPSA) is 190 Å². The van der Waals surface area contributed by atoms with Crippen molar-refractivity contribution in [1.82, 2.24) is 24.2 Å². The number of anilines is 1. The molecule has 2 aliphatic rings. The van der Waals surface area contributed by atoms with Crippen LogP contribution < -0.4 is 16.0 Å². The summed E-state index contributed by atoms with van der Waals surface area (Å²) in [4.78, 5) is 34.3. The molecule has 4 atom stereocenters. The Labute approximate surface area is 182 Å². The summed E-state index contributed by atoms with van der Waals surface area (Å²) in [5, 5.41) is 0. The quantitative estimate of drug-likeness (QED) is 0.462. The maximum absolute atomic E-state index is 12.1. The predicted molar refractivity (Wildman–Crippen MR) is 108 cm³/mol. The van der Waals surface area contributed by atoms with Gasteiger partial charge in [-0.05, 0) is 20.3 Å². The van der Waals surface area contributed by atoms with Gasteiger partial charge in [0.05, 0.1) is 12.9 Å². The van der Waals surface area contributed by atoms with Gasteiger partial charge < -0.3 is 19.9 Å². The Balaban J connectivity index is 1.58. The van der Waals surface area contributed by atoms with E-state index in [9.17, 15) is 18.0 Å². The summed E-state index contributed by atoms with van der Waals surface area (Å²) < 4.78 is 50.3. The zero-order valence-corrected chi connectivity index (χ0v) is 18.4. The molecule has 0 aromatic carbocycles. The van der Waals surface area contributed by atoms with Crippen LogP contribution in [0.25, 0.3) is 11.2 Å². The van der Waals surface area contributed by atoms with E-state index in [1.807, 2.05) is 4.72 Å². The molecule has 2 fully saturated rings. The minimum Gasteiger partial charge on any atom is -0.369 e. The van der Waals surface area contributed by atoms with Gasteiger partial charge in [-0.15, -0.1) is 0 Å². The van der Waals surface area contributed by atoms with Crippen LogP contribution in [0.1, 0.15) is 39.8 Å². The molecule has 2 aromatic heterocycles. The van der Waals surface area contributed by atoms with Crippen molar-refractivity contribution in [3.8, 4) is 0 Å². The first-order valence-corrected chi connectivity index (χ1v) is 11.3. The molecule has 15 heteroatoms. The first kappa shape index (κ1) is 22.6. The van der Waals surface area contributed by atoms with Gasteiger partial charge in [0, 0.05) is 6.42 Å². The molecule has 4 heterocycles. The van der Waals surface area contributed by atoms with Gasteiger partial charge in [0.25, 0.3) is 5.56 Å². The number of H-pyrrole nitrogens is 1. The van der Waals surface area contributed by atoms with Crippen LogP contribution in [0.5, 0.6) is 0 Å². The summed E-state index contributed by atoms with van der Waals surface area (Å²) in [7, 11) is -4.33. The number of nitrogens with one attached hydrogen (secondary N) is 2. The van der Waals surface area contributed by atoms with Crippen LogP contribution >= 0.6 is 0 Å². The Hall–Kier alpha value is -2.59. The lowest BCUT2D eigenvalue weighted by Crippen LogP contribution is -2.37. The average Bonchev–Trinajstić information content (AvgIpc) is 3.30. The maximum atomic E-state index is 12.1. The third kappa shape index (κ3) is 4.33. The molecule has 4 rings (SSSR count). The van der Waals surface area contributed by atoms with Gasteiger partial charge in [-0.1, -0.05) is 6.92 Å². The second-order valence-electron chi connectivity index (χ2n) is 7.92. The largest absolute Gasteiger partial charge is 0.369 e. The summed E-state index contributed by atoms with van der Waals surface area (Å²) in [6.45, 7) is 4.72. The molecule has 32 heavy (non-hydrogen) atoms. The van der Waals surface area contributed by atoms with Crippen molar-refractivity contribution in [2.75, 3.05) is 12.3 Å². The van der Waals surface area contributed by atoms with Crippen LogP contribution in [-0.4, -0.2) is 64.5 Å². The van der Waals surface area contributed by atoms with Gasteiger partial charge in [0.15, 0.2) is 23.2 Å². The number of aromatic nitrogens is 4. The van der Waals surface area contributed by atoms with Crippen molar-refractivity contribution >= 4 is 33.3 Å². The SMILES string of the molecule is CCCC(=O)NS(=O)(=O)OC[C@H]1O[C@@H](n2cnc3c(=O)[nH]c(N)nc32)C2OC(C)(C)OC21. The smallest absolute Gasteiger partial charge is 0.362 e. The maximum Gasteiger partial charge on any atom is 0.362 e. The molecule has 0 bridgehead atoms. The van der Waals surface area contributed by atoms with Crippen molar-refractivity contribution < 1.29 is 31.6 Å². The van der Waals surface area contributed by atoms with E-state index in [0.717, 1.165) is 0 Å². The van der Waals surface area contributed by atoms with Crippen molar-refractivity contribution in [3.05, 3.63) is 16.7 Å². The van der Waals surface area contributed by atoms with E-state index in [-0.39, 0.29) is 23.5 Å². The number of rotatable bonds is 7. The normalized spacial score (nSPS) is 27.0. The van der Waals surface area contributed by atoms with Crippen LogP contribution in [0.15, 0.2) is 11.1 Å². The summed E-state index contributed by atoms with van der Waals surface area (Å²) in [6.07, 6.45) is -1.23. The van der Waals surface area contributed by atoms with Crippen LogP contribution in [0.3, 0.4) is 0 Å². The highest BCUT2D eigenvalue weighted by Gasteiger charge is 2.56. The number of hydrogen-bond acceptors (Lipinski definition) is 11. The first-order valence-electron chi connectivity index (χ1n) is 9.93. The fraction of sp³-hybridized carbons (Fsp3) is 0.647. The average molecular weight is 472 g/mol. The van der Waals surface area contributed by atoms with Gasteiger partial charge in [-0.2, -0.15) is 13.4 Å². The third-order valence-corrected chi connectivity index (χ3v) is 5.88. The van der Waals surface area contributed by atoms with E-state index >= 15 is 0 Å². The minimum absolute atomic E-state index is 0.0450. The van der Waals surface area contributed by atoms with E-state index in [1.165, 1.54) is 10.9 Å². The van der Waals surface area contributed by atoms with Crippen LogP contribution in [0.2, 0.25) is 0 Å². The number of aromatic amines is 1. The molecular weight excluding hydrogens is 448 g/mol. The van der Waals surface area contributed by atoms with Gasteiger partial charge >= 0.3 is 10.3 Å². The summed E-state index contributed by atoms with van der Waals surface area (Å²) >= 11 is 0. The van der Waals surface area contributed by atoms with Crippen molar-refractivity contribution in [2.24, 2.45) is 0 Å². The van der Waals surface area contributed by atoms with Crippen LogP contribution in [0.4, 0.5) is 5.95 Å². The minimum atomic E-state index is -4.33. The standard InChI is InChI=1S/C17H24N6O8S/c1-4-5-9(24)22-32(26,27)28-6-8-11-12(31-17(2,3)30-11)15(29-8)23-7-19-10-13(23)20-16(18)21-14(10)25/h7-8,11-12,15H,4-6H2,1-3H3,(H,22,24)(H3,18,20,21,25)/t8-,11?,12?,15-/m1/s1. The number of hydrogen-bond donors (Lipinski definition) is 3. The van der Waals surface area contributed by atoms with Gasteiger partial charge in [0.2, 0.25) is 11.9 Å². The van der Waals surface area contributed by atoms with Crippen molar-refractivity contribution in [2.45, 2.75) is 63.9 Å². The summed E-state index contributed by atoms with van der Waals surface area (Å²) in [5.74, 6) is -1.75. The Morgan fingerprint density at radius 1 is 1.38 bits per heavy atom. The number of fused-ring (bicyclic) bond motifs is 2. The van der Waals surface area contributed by atoms with Gasteiger partial charge in [0.1, 0.15) is 18.3 Å². The number of nitrogens with zero attached hydrogens (tertiary/aromatic N) is 3. The third-order valence-electron chi connectivity index (χ3n) is 4.95. The molecule has 2 unspecified atom stereocenters. The highest BCUT2D eigenvalue weighted by atomic mass is 32.2. The zero-order valence-electron chi connectivity index (χ0n) is 17.6. The van der Waals surface area contributed by atoms with E-state index in [0.29, 0.717) is 6.42 Å². The summed E-state index contributed by atoms with van der Waals surface area (Å²) in [5.41, 5.74) is 5.37. The second-order valence-corrected chi connectivity index (χ2v) is 9.27. The fourth-order valence-corrected chi connectivity index (χ4v) is 4.50. The molecule has 1 amide bonds. The highest BCUT2D eigenvalue weighted by Crippen LogP contribution is 2.43. The lowest BCUT2D eigenvalue weighted by atomic mass is 10.1. The molecule has 2 aliphatic heterocycles. The number of imidazole rings is 1. The summed E-state index contributed by atoms with van der Waals surface area (Å²) in [6, 6.07) is 0. The van der Waals surface area contributed by atoms with E-state index < -0.39 is 58.7 Å². The molecular formula is C17H24N6O8S. The zero-order chi connectivity index (χ0) is 23.3. The van der Waals surface area contributed by atoms with Crippen LogP contribution in [0, 0.1) is 0 Å². The second kappa shape index (κ2) is 8.08. The Kier molecular flexibility index (Phi) is 5.70. The molecule has 2 saturated heterocycles. The molecule has 14 nitrogen and oxygen atoms in total. The lowest BCUT2D eigenvalue weighted by molar-refractivity contribution is -0.198. The molecule has 0 aliphatic carbocycles. The first-order chi connectivity index (χ1) is 15.0. The molecule has 176 valence electrons. The van der Waals surface area contributed by atoms with Crippen molar-refractivity contribution in [3.63, 3.8) is 0 Å². The van der Waals surface area contributed by atoms with E-state index in [4.69, 9.17) is 24.1 Å². The van der Waals surface area contributed by atoms with Crippen LogP contribution in [-0.2, 0) is 33.5 Å². The van der Waals surface area contributed by atoms with Gasteiger partial charge in [-0.25, -0.2) is 9.71 Å². The number of ether oxygens (including phenoxy) is 3. The monoisotopic (exact) mass is 472 g/mol. The number of nitrogen functional groups attached to an aromatic ring is 1. The predicted octanol–water partition coefficient (Wildman–Crippen LogP) is -0.703. The molecule has 0 radical (unpaired) electrons. The molecule has 2 aromatic rings. The molecule has 4 N–H and O–H groups in total. The Morgan fingerprint density at radius 2 is 2.09 bits per heavy atom.